The number of fused-ring (bicyclic) bond motifs is 1. The quantitative estimate of drug-likeness (QED) is 0.740. The van der Waals surface area contributed by atoms with Crippen molar-refractivity contribution in [3.05, 3.63) is 34.8 Å². The molecular weight excluding hydrogens is 233 g/mol. The van der Waals surface area contributed by atoms with Crippen LogP contribution in [0.5, 0.6) is 0 Å². The average molecular weight is 242 g/mol. The predicted molar refractivity (Wildman–Crippen MR) is 56.3 cm³/mol. The lowest BCUT2D eigenvalue weighted by atomic mass is 10.1. The summed E-state index contributed by atoms with van der Waals surface area (Å²) in [5.41, 5.74) is 0.389. The lowest BCUT2D eigenvalue weighted by Gasteiger charge is -2.01. The van der Waals surface area contributed by atoms with Crippen LogP contribution in [0.2, 0.25) is 0 Å². The molecule has 0 aliphatic rings. The van der Waals surface area contributed by atoms with Crippen LogP contribution in [-0.2, 0) is 0 Å². The van der Waals surface area contributed by atoms with Gasteiger partial charge < -0.3 is 10.3 Å². The summed E-state index contributed by atoms with van der Waals surface area (Å²) in [7, 11) is 1.37. The predicted octanol–water partition coefficient (Wildman–Crippen LogP) is 2.25. The third kappa shape index (κ3) is 1.56. The number of carbonyl (C=O) groups is 1. The standard InChI is InChI=1S/C11H9F3N2O/c1-4-7(11(17)15-2)8-6(16-4)3-5(12)9(13)10(8)14/h3,16H,1-2H3,(H,15,17). The van der Waals surface area contributed by atoms with Crippen molar-refractivity contribution in [3.63, 3.8) is 0 Å². The number of halogens is 3. The van der Waals surface area contributed by atoms with E-state index < -0.39 is 23.4 Å². The van der Waals surface area contributed by atoms with E-state index >= 15 is 0 Å². The molecule has 1 aromatic carbocycles. The zero-order valence-electron chi connectivity index (χ0n) is 9.12. The van der Waals surface area contributed by atoms with Crippen molar-refractivity contribution in [3.8, 4) is 0 Å². The molecular formula is C11H9F3N2O. The summed E-state index contributed by atoms with van der Waals surface area (Å²) in [5.74, 6) is -4.79. The molecule has 0 unspecified atom stereocenters. The summed E-state index contributed by atoms with van der Waals surface area (Å²) in [4.78, 5) is 14.2. The van der Waals surface area contributed by atoms with Gasteiger partial charge in [-0.2, -0.15) is 0 Å². The number of hydrogen-bond donors (Lipinski definition) is 2. The van der Waals surface area contributed by atoms with Crippen molar-refractivity contribution in [2.75, 3.05) is 7.05 Å². The van der Waals surface area contributed by atoms with E-state index in [4.69, 9.17) is 0 Å². The Bertz CT molecular complexity index is 619. The molecule has 1 aromatic heterocycles. The van der Waals surface area contributed by atoms with E-state index in [-0.39, 0.29) is 16.5 Å². The smallest absolute Gasteiger partial charge is 0.253 e. The second kappa shape index (κ2) is 3.80. The Labute approximate surface area is 94.6 Å². The van der Waals surface area contributed by atoms with E-state index in [2.05, 4.69) is 10.3 Å². The van der Waals surface area contributed by atoms with E-state index in [9.17, 15) is 18.0 Å². The number of carbonyl (C=O) groups excluding carboxylic acids is 1. The minimum Gasteiger partial charge on any atom is -0.358 e. The molecule has 0 bridgehead atoms. The van der Waals surface area contributed by atoms with Crippen LogP contribution in [-0.4, -0.2) is 17.9 Å². The molecule has 2 aromatic rings. The maximum atomic E-state index is 13.6. The third-order valence-corrected chi connectivity index (χ3v) is 2.56. The number of H-pyrrole nitrogens is 1. The van der Waals surface area contributed by atoms with Crippen molar-refractivity contribution in [2.45, 2.75) is 6.92 Å². The van der Waals surface area contributed by atoms with Gasteiger partial charge in [0.05, 0.1) is 16.5 Å². The fraction of sp³-hybridized carbons (Fsp3) is 0.182. The second-order valence-electron chi connectivity index (χ2n) is 3.61. The van der Waals surface area contributed by atoms with E-state index in [0.717, 1.165) is 6.07 Å². The molecule has 0 saturated carbocycles. The van der Waals surface area contributed by atoms with Gasteiger partial charge in [0.1, 0.15) is 0 Å². The summed E-state index contributed by atoms with van der Waals surface area (Å²) < 4.78 is 39.7. The number of hydrogen-bond acceptors (Lipinski definition) is 1. The lowest BCUT2D eigenvalue weighted by molar-refractivity contribution is 0.0964. The molecule has 0 radical (unpaired) electrons. The molecule has 0 atom stereocenters. The molecule has 0 aliphatic heterocycles. The Morgan fingerprint density at radius 3 is 2.53 bits per heavy atom. The average Bonchev–Trinajstić information content (AvgIpc) is 2.61. The highest BCUT2D eigenvalue weighted by Gasteiger charge is 2.22. The van der Waals surface area contributed by atoms with Crippen molar-refractivity contribution in [1.82, 2.24) is 10.3 Å². The Hall–Kier alpha value is -1.98. The van der Waals surface area contributed by atoms with Crippen LogP contribution in [0.15, 0.2) is 6.07 Å². The molecule has 1 amide bonds. The van der Waals surface area contributed by atoms with Crippen LogP contribution in [0.25, 0.3) is 10.9 Å². The number of benzene rings is 1. The maximum absolute atomic E-state index is 13.6. The molecule has 90 valence electrons. The first-order valence-electron chi connectivity index (χ1n) is 4.85. The van der Waals surface area contributed by atoms with E-state index in [0.29, 0.717) is 5.69 Å². The largest absolute Gasteiger partial charge is 0.358 e. The molecule has 0 saturated heterocycles. The van der Waals surface area contributed by atoms with Crippen molar-refractivity contribution >= 4 is 16.8 Å². The molecule has 1 heterocycles. The number of rotatable bonds is 1. The summed E-state index contributed by atoms with van der Waals surface area (Å²) in [6.45, 7) is 1.53. The second-order valence-corrected chi connectivity index (χ2v) is 3.61. The molecule has 0 fully saturated rings. The topological polar surface area (TPSA) is 44.9 Å². The van der Waals surface area contributed by atoms with Gasteiger partial charge in [-0.1, -0.05) is 0 Å². The lowest BCUT2D eigenvalue weighted by Crippen LogP contribution is -2.18. The molecule has 0 aliphatic carbocycles. The summed E-state index contributed by atoms with van der Waals surface area (Å²) in [5, 5.41) is 2.08. The van der Waals surface area contributed by atoms with Crippen molar-refractivity contribution < 1.29 is 18.0 Å². The van der Waals surface area contributed by atoms with Crippen LogP contribution in [0, 0.1) is 24.4 Å². The Morgan fingerprint density at radius 1 is 1.29 bits per heavy atom. The molecule has 3 nitrogen and oxygen atoms in total. The first kappa shape index (κ1) is 11.5. The fourth-order valence-corrected chi connectivity index (χ4v) is 1.80. The monoisotopic (exact) mass is 242 g/mol. The van der Waals surface area contributed by atoms with Crippen LogP contribution in [0.1, 0.15) is 16.1 Å². The van der Waals surface area contributed by atoms with Crippen molar-refractivity contribution in [2.24, 2.45) is 0 Å². The molecule has 0 spiro atoms. The Kier molecular flexibility index (Phi) is 2.57. The van der Waals surface area contributed by atoms with Crippen molar-refractivity contribution in [1.29, 1.82) is 0 Å². The minimum atomic E-state index is -1.58. The number of aryl methyl sites for hydroxylation is 1. The van der Waals surface area contributed by atoms with E-state index in [1.165, 1.54) is 14.0 Å². The number of aromatic amines is 1. The first-order valence-corrected chi connectivity index (χ1v) is 4.85. The highest BCUT2D eigenvalue weighted by Crippen LogP contribution is 2.28. The SMILES string of the molecule is CNC(=O)c1c(C)[nH]c2cc(F)c(F)c(F)c12. The minimum absolute atomic E-state index is 0.0149. The summed E-state index contributed by atoms with van der Waals surface area (Å²) in [6, 6.07) is 0.827. The van der Waals surface area contributed by atoms with Crippen LogP contribution in [0.3, 0.4) is 0 Å². The van der Waals surface area contributed by atoms with Gasteiger partial charge in [-0.15, -0.1) is 0 Å². The van der Waals surface area contributed by atoms with Gasteiger partial charge in [-0.3, -0.25) is 4.79 Å². The molecule has 2 rings (SSSR count). The van der Waals surface area contributed by atoms with E-state index in [1.807, 2.05) is 0 Å². The molecule has 17 heavy (non-hydrogen) atoms. The van der Waals surface area contributed by atoms with E-state index in [1.54, 1.807) is 0 Å². The zero-order chi connectivity index (χ0) is 12.7. The van der Waals surface area contributed by atoms with Gasteiger partial charge in [0.2, 0.25) is 0 Å². The highest BCUT2D eigenvalue weighted by molar-refractivity contribution is 6.08. The van der Waals surface area contributed by atoms with Gasteiger partial charge in [-0.05, 0) is 6.92 Å². The number of amides is 1. The first-order chi connectivity index (χ1) is 7.97. The summed E-state index contributed by atoms with van der Waals surface area (Å²) >= 11 is 0. The number of aromatic nitrogens is 1. The zero-order valence-corrected chi connectivity index (χ0v) is 9.12. The Morgan fingerprint density at radius 2 is 1.94 bits per heavy atom. The van der Waals surface area contributed by atoms with Crippen LogP contribution >= 0.6 is 0 Å². The summed E-state index contributed by atoms with van der Waals surface area (Å²) in [6.07, 6.45) is 0. The Balaban J connectivity index is 2.90. The van der Waals surface area contributed by atoms with Crippen LogP contribution < -0.4 is 5.32 Å². The van der Waals surface area contributed by atoms with Gasteiger partial charge >= 0.3 is 0 Å². The maximum Gasteiger partial charge on any atom is 0.253 e. The molecule has 6 heteroatoms. The van der Waals surface area contributed by atoms with Gasteiger partial charge in [-0.25, -0.2) is 13.2 Å². The third-order valence-electron chi connectivity index (χ3n) is 2.56. The van der Waals surface area contributed by atoms with Gasteiger partial charge in [0, 0.05) is 18.8 Å². The normalized spacial score (nSPS) is 10.9. The molecule has 2 N–H and O–H groups in total. The highest BCUT2D eigenvalue weighted by atomic mass is 19.2. The van der Waals surface area contributed by atoms with Gasteiger partial charge in [0.15, 0.2) is 17.5 Å². The fourth-order valence-electron chi connectivity index (χ4n) is 1.80. The number of nitrogens with one attached hydrogen (secondary N) is 2. The van der Waals surface area contributed by atoms with Crippen LogP contribution in [0.4, 0.5) is 13.2 Å². The van der Waals surface area contributed by atoms with Gasteiger partial charge in [0.25, 0.3) is 5.91 Å².